The van der Waals surface area contributed by atoms with Gasteiger partial charge in [-0.05, 0) is 78.1 Å². The Morgan fingerprint density at radius 3 is 2.25 bits per heavy atom. The number of nitrogens with zero attached hydrogens (tertiary/aromatic N) is 2. The molecule has 5 rings (SSSR count). The van der Waals surface area contributed by atoms with Crippen molar-refractivity contribution >= 4 is 29.0 Å². The smallest absolute Gasteiger partial charge is 0.0772 e. The van der Waals surface area contributed by atoms with Crippen LogP contribution in [0.25, 0.3) is 11.1 Å². The van der Waals surface area contributed by atoms with E-state index >= 15 is 0 Å². The van der Waals surface area contributed by atoms with E-state index in [0.717, 1.165) is 28.3 Å². The van der Waals surface area contributed by atoms with E-state index in [1.54, 1.807) is 0 Å². The van der Waals surface area contributed by atoms with Crippen molar-refractivity contribution in [3.05, 3.63) is 108 Å². The Balaban J connectivity index is 1.53. The van der Waals surface area contributed by atoms with E-state index in [9.17, 15) is 0 Å². The monoisotopic (exact) mass is 419 g/mol. The number of benzene rings is 4. The van der Waals surface area contributed by atoms with Gasteiger partial charge in [-0.25, -0.2) is 5.01 Å². The van der Waals surface area contributed by atoms with Crippen LogP contribution in [-0.2, 0) is 0 Å². The maximum Gasteiger partial charge on any atom is 0.0772 e. The second-order valence-electron chi connectivity index (χ2n) is 7.89. The van der Waals surface area contributed by atoms with Crippen LogP contribution in [-0.4, -0.2) is 6.21 Å². The average molecular weight is 420 g/mol. The fourth-order valence-electron chi connectivity index (χ4n) is 3.90. The molecule has 1 heterocycles. The zero-order chi connectivity index (χ0) is 21.9. The van der Waals surface area contributed by atoms with Gasteiger partial charge in [0.15, 0.2) is 0 Å². The second-order valence-corrected chi connectivity index (χ2v) is 7.89. The van der Waals surface area contributed by atoms with E-state index in [1.807, 2.05) is 35.5 Å². The van der Waals surface area contributed by atoms with Crippen LogP contribution >= 0.6 is 0 Å². The van der Waals surface area contributed by atoms with Crippen LogP contribution in [0.4, 0.5) is 22.7 Å². The molecular formula is C27H25N5. The highest BCUT2D eigenvalue weighted by molar-refractivity contribution is 5.86. The molecule has 1 aliphatic heterocycles. The molecule has 3 N–H and O–H groups in total. The lowest BCUT2D eigenvalue weighted by Crippen LogP contribution is -2.19. The third kappa shape index (κ3) is 3.94. The molecule has 0 radical (unpaired) electrons. The van der Waals surface area contributed by atoms with Gasteiger partial charge in [-0.3, -0.25) is 0 Å². The Morgan fingerprint density at radius 2 is 1.41 bits per heavy atom. The van der Waals surface area contributed by atoms with Crippen LogP contribution in [0.15, 0.2) is 96.1 Å². The maximum atomic E-state index is 4.89. The van der Waals surface area contributed by atoms with Gasteiger partial charge in [0.2, 0.25) is 0 Å². The molecule has 0 bridgehead atoms. The predicted octanol–water partition coefficient (Wildman–Crippen LogP) is 6.40. The Hall–Kier alpha value is -4.09. The Labute approximate surface area is 188 Å². The highest BCUT2D eigenvalue weighted by atomic mass is 15.6. The number of hydrogen-bond acceptors (Lipinski definition) is 5. The Morgan fingerprint density at radius 1 is 0.656 bits per heavy atom. The minimum atomic E-state index is 0.968. The van der Waals surface area contributed by atoms with Crippen molar-refractivity contribution in [2.75, 3.05) is 15.9 Å². The number of hydrazine groups is 2. The SMILES string of the molecule is Cc1ccccc1-c1cc(/C=N\N(c2ccccc2)c2ccc3c(c2)NNN3)ccc1C. The van der Waals surface area contributed by atoms with Gasteiger partial charge in [0.25, 0.3) is 0 Å². The molecule has 0 unspecified atom stereocenters. The van der Waals surface area contributed by atoms with Gasteiger partial charge in [0.1, 0.15) is 0 Å². The van der Waals surface area contributed by atoms with E-state index in [4.69, 9.17) is 5.10 Å². The fraction of sp³-hybridized carbons (Fsp3) is 0.0741. The summed E-state index contributed by atoms with van der Waals surface area (Å²) >= 11 is 0. The number of hydrazone groups is 1. The number of aryl methyl sites for hydroxylation is 2. The van der Waals surface area contributed by atoms with Gasteiger partial charge in [-0.1, -0.05) is 54.6 Å². The first kappa shape index (κ1) is 19.8. The summed E-state index contributed by atoms with van der Waals surface area (Å²) in [6.45, 7) is 4.30. The first-order chi connectivity index (χ1) is 15.7. The topological polar surface area (TPSA) is 51.7 Å². The van der Waals surface area contributed by atoms with Crippen LogP contribution in [0, 0.1) is 13.8 Å². The number of nitrogens with one attached hydrogen (secondary N) is 3. The molecule has 0 saturated carbocycles. The number of hydrogen-bond donors (Lipinski definition) is 3. The molecule has 0 aromatic heterocycles. The van der Waals surface area contributed by atoms with Crippen molar-refractivity contribution in [1.82, 2.24) is 5.53 Å². The van der Waals surface area contributed by atoms with Crippen molar-refractivity contribution in [2.45, 2.75) is 13.8 Å². The van der Waals surface area contributed by atoms with Crippen LogP contribution in [0.2, 0.25) is 0 Å². The third-order valence-electron chi connectivity index (χ3n) is 5.66. The quantitative estimate of drug-likeness (QED) is 0.259. The zero-order valence-corrected chi connectivity index (χ0v) is 18.1. The summed E-state index contributed by atoms with van der Waals surface area (Å²) in [7, 11) is 0. The van der Waals surface area contributed by atoms with Gasteiger partial charge < -0.3 is 10.9 Å². The molecule has 5 nitrogen and oxygen atoms in total. The van der Waals surface area contributed by atoms with E-state index in [-0.39, 0.29) is 0 Å². The van der Waals surface area contributed by atoms with Crippen LogP contribution in [0.5, 0.6) is 0 Å². The summed E-state index contributed by atoms with van der Waals surface area (Å²) in [6.07, 6.45) is 1.92. The van der Waals surface area contributed by atoms with Gasteiger partial charge >= 0.3 is 0 Å². The molecule has 1 aliphatic rings. The first-order valence-corrected chi connectivity index (χ1v) is 10.7. The Bertz CT molecular complexity index is 1280. The maximum absolute atomic E-state index is 4.89. The molecule has 4 aromatic carbocycles. The lowest BCUT2D eigenvalue weighted by Gasteiger charge is -2.20. The van der Waals surface area contributed by atoms with Crippen LogP contribution in [0.3, 0.4) is 0 Å². The lowest BCUT2D eigenvalue weighted by molar-refractivity contribution is 1.01. The molecule has 0 saturated heterocycles. The highest BCUT2D eigenvalue weighted by Crippen LogP contribution is 2.33. The van der Waals surface area contributed by atoms with Crippen molar-refractivity contribution in [3.8, 4) is 11.1 Å². The summed E-state index contributed by atoms with van der Waals surface area (Å²) in [4.78, 5) is 0. The molecule has 0 atom stereocenters. The highest BCUT2D eigenvalue weighted by Gasteiger charge is 2.14. The van der Waals surface area contributed by atoms with Crippen molar-refractivity contribution in [2.24, 2.45) is 5.10 Å². The summed E-state index contributed by atoms with van der Waals surface area (Å²) in [6, 6.07) is 31.3. The van der Waals surface area contributed by atoms with Crippen molar-refractivity contribution in [1.29, 1.82) is 0 Å². The van der Waals surface area contributed by atoms with Crippen LogP contribution in [0.1, 0.15) is 16.7 Å². The van der Waals surface area contributed by atoms with Gasteiger partial charge in [-0.2, -0.15) is 5.10 Å². The van der Waals surface area contributed by atoms with Crippen molar-refractivity contribution in [3.63, 3.8) is 0 Å². The lowest BCUT2D eigenvalue weighted by atomic mass is 9.95. The molecule has 4 aromatic rings. The number of fused-ring (bicyclic) bond motifs is 1. The summed E-state index contributed by atoms with van der Waals surface area (Å²) in [5.41, 5.74) is 19.1. The number of anilines is 4. The summed E-state index contributed by atoms with van der Waals surface area (Å²) in [5.74, 6) is 0. The normalized spacial score (nSPS) is 12.3. The molecule has 32 heavy (non-hydrogen) atoms. The van der Waals surface area contributed by atoms with Gasteiger partial charge in [-0.15, -0.1) is 5.53 Å². The second kappa shape index (κ2) is 8.57. The predicted molar refractivity (Wildman–Crippen MR) is 134 cm³/mol. The molecule has 0 spiro atoms. The first-order valence-electron chi connectivity index (χ1n) is 10.7. The summed E-state index contributed by atoms with van der Waals surface area (Å²) < 4.78 is 0. The number of para-hydroxylation sites is 1. The van der Waals surface area contributed by atoms with E-state index in [1.165, 1.54) is 22.3 Å². The molecule has 0 fully saturated rings. The van der Waals surface area contributed by atoms with E-state index in [2.05, 4.69) is 97.0 Å². The summed E-state index contributed by atoms with van der Waals surface area (Å²) in [5, 5.41) is 6.84. The van der Waals surface area contributed by atoms with Gasteiger partial charge in [0.05, 0.1) is 29.0 Å². The minimum absolute atomic E-state index is 0.968. The Kier molecular flexibility index (Phi) is 5.32. The van der Waals surface area contributed by atoms with Crippen LogP contribution < -0.4 is 21.4 Å². The van der Waals surface area contributed by atoms with E-state index in [0.29, 0.717) is 0 Å². The largest absolute Gasteiger partial charge is 0.302 e. The number of rotatable bonds is 5. The fourth-order valence-corrected chi connectivity index (χ4v) is 3.90. The average Bonchev–Trinajstić information content (AvgIpc) is 3.30. The minimum Gasteiger partial charge on any atom is -0.302 e. The standard InChI is InChI=1S/C27H25N5/c1-19-8-6-7-11-24(19)25-16-21(13-12-20(25)2)18-28-32(22-9-4-3-5-10-22)23-14-15-26-27(17-23)30-31-29-26/h3-18,29-31H,1-2H3/b28-18-. The van der Waals surface area contributed by atoms with Gasteiger partial charge in [0, 0.05) is 0 Å². The molecular weight excluding hydrogens is 394 g/mol. The zero-order valence-electron chi connectivity index (χ0n) is 18.1. The van der Waals surface area contributed by atoms with E-state index < -0.39 is 0 Å². The third-order valence-corrected chi connectivity index (χ3v) is 5.66. The molecule has 0 aliphatic carbocycles. The molecule has 5 heteroatoms. The van der Waals surface area contributed by atoms with Crippen molar-refractivity contribution < 1.29 is 0 Å². The molecule has 158 valence electrons. The molecule has 0 amide bonds.